The Morgan fingerprint density at radius 2 is 2.17 bits per heavy atom. The van der Waals surface area contributed by atoms with Crippen LogP contribution < -0.4 is 5.73 Å². The predicted octanol–water partition coefficient (Wildman–Crippen LogP) is 2.73. The van der Waals surface area contributed by atoms with Gasteiger partial charge < -0.3 is 10.5 Å². The highest BCUT2D eigenvalue weighted by atomic mass is 35.5. The van der Waals surface area contributed by atoms with Crippen molar-refractivity contribution in [2.24, 2.45) is 5.73 Å². The van der Waals surface area contributed by atoms with Crippen molar-refractivity contribution in [3.8, 4) is 0 Å². The predicted molar refractivity (Wildman–Crippen MR) is 73.8 cm³/mol. The summed E-state index contributed by atoms with van der Waals surface area (Å²) in [5.74, 6) is -0.821. The van der Waals surface area contributed by atoms with E-state index in [-0.39, 0.29) is 12.5 Å². The number of hydrogen-bond donors (Lipinski definition) is 1. The molecule has 2 unspecified atom stereocenters. The van der Waals surface area contributed by atoms with Crippen molar-refractivity contribution in [3.63, 3.8) is 0 Å². The lowest BCUT2D eigenvalue weighted by Crippen LogP contribution is -2.28. The lowest BCUT2D eigenvalue weighted by atomic mass is 9.89. The van der Waals surface area contributed by atoms with E-state index >= 15 is 0 Å². The molecule has 0 aliphatic rings. The first-order valence-electron chi connectivity index (χ1n) is 6.10. The van der Waals surface area contributed by atoms with Crippen LogP contribution in [0.5, 0.6) is 0 Å². The molecule has 0 saturated heterocycles. The van der Waals surface area contributed by atoms with E-state index in [2.05, 4.69) is 6.92 Å². The lowest BCUT2D eigenvalue weighted by Gasteiger charge is -2.20. The maximum absolute atomic E-state index is 11.6. The van der Waals surface area contributed by atoms with Gasteiger partial charge >= 0.3 is 0 Å². The molecule has 2 atom stereocenters. The monoisotopic (exact) mass is 269 g/mol. The van der Waals surface area contributed by atoms with E-state index in [0.717, 1.165) is 23.1 Å². The van der Waals surface area contributed by atoms with Crippen LogP contribution in [-0.4, -0.2) is 18.1 Å². The van der Waals surface area contributed by atoms with Crippen LogP contribution in [0.3, 0.4) is 0 Å². The molecule has 0 aliphatic heterocycles. The van der Waals surface area contributed by atoms with Crippen LogP contribution in [0, 0.1) is 6.92 Å². The molecule has 3 nitrogen and oxygen atoms in total. The van der Waals surface area contributed by atoms with E-state index < -0.39 is 11.5 Å². The summed E-state index contributed by atoms with van der Waals surface area (Å²) in [6.07, 6.45) is 0.858. The Morgan fingerprint density at radius 1 is 1.50 bits per heavy atom. The maximum Gasteiger partial charge on any atom is 0.227 e. The van der Waals surface area contributed by atoms with Gasteiger partial charge in [0, 0.05) is 0 Å². The first kappa shape index (κ1) is 15.0. The molecule has 4 heteroatoms. The molecular weight excluding hydrogens is 250 g/mol. The molecule has 0 radical (unpaired) electrons. The number of primary amides is 1. The zero-order chi connectivity index (χ0) is 13.7. The number of carbonyl (C=O) groups is 1. The Labute approximate surface area is 113 Å². The van der Waals surface area contributed by atoms with E-state index in [9.17, 15) is 4.79 Å². The molecule has 100 valence electrons. The van der Waals surface area contributed by atoms with Crippen LogP contribution >= 0.6 is 11.6 Å². The zero-order valence-electron chi connectivity index (χ0n) is 11.1. The highest BCUT2D eigenvalue weighted by Crippen LogP contribution is 2.25. The molecule has 1 amide bonds. The molecule has 0 heterocycles. The summed E-state index contributed by atoms with van der Waals surface area (Å²) >= 11 is 5.75. The van der Waals surface area contributed by atoms with Gasteiger partial charge in [-0.15, -0.1) is 0 Å². The average molecular weight is 270 g/mol. The molecule has 18 heavy (non-hydrogen) atoms. The van der Waals surface area contributed by atoms with E-state index in [4.69, 9.17) is 22.1 Å². The van der Waals surface area contributed by atoms with Crippen molar-refractivity contribution in [1.82, 2.24) is 0 Å². The molecule has 0 fully saturated rings. The number of hydrogen-bond acceptors (Lipinski definition) is 2. The smallest absolute Gasteiger partial charge is 0.227 e. The van der Waals surface area contributed by atoms with Crippen molar-refractivity contribution in [2.75, 3.05) is 6.61 Å². The second kappa shape index (κ2) is 6.76. The number of nitrogens with two attached hydrogens (primary N) is 1. The highest BCUT2D eigenvalue weighted by Gasteiger charge is 2.23. The van der Waals surface area contributed by atoms with Crippen molar-refractivity contribution < 1.29 is 9.53 Å². The minimum atomic E-state index is -0.442. The van der Waals surface area contributed by atoms with Gasteiger partial charge in [-0.3, -0.25) is 4.79 Å². The van der Waals surface area contributed by atoms with Crippen LogP contribution in [0.4, 0.5) is 0 Å². The van der Waals surface area contributed by atoms with E-state index in [1.165, 1.54) is 0 Å². The molecule has 1 aromatic rings. The number of benzene rings is 1. The van der Waals surface area contributed by atoms with Gasteiger partial charge in [0.05, 0.1) is 12.5 Å². The third kappa shape index (κ3) is 3.72. The standard InChI is InChI=1S/C14H20ClNO2/c1-4-11-7-5-6-9(2)13(11)12(14(16)17)8-18-10(3)15/h5-7,10,12H,4,8H2,1-3H3,(H2,16,17). The minimum Gasteiger partial charge on any atom is -0.369 e. The first-order chi connectivity index (χ1) is 8.47. The normalized spacial score (nSPS) is 14.2. The van der Waals surface area contributed by atoms with Gasteiger partial charge in [0.1, 0.15) is 5.56 Å². The molecule has 0 spiro atoms. The van der Waals surface area contributed by atoms with Crippen molar-refractivity contribution in [1.29, 1.82) is 0 Å². The van der Waals surface area contributed by atoms with E-state index in [1.54, 1.807) is 6.92 Å². The summed E-state index contributed by atoms with van der Waals surface area (Å²) in [4.78, 5) is 11.6. The molecule has 2 N–H and O–H groups in total. The Hall–Kier alpha value is -1.06. The van der Waals surface area contributed by atoms with Gasteiger partial charge in [-0.2, -0.15) is 0 Å². The highest BCUT2D eigenvalue weighted by molar-refractivity contribution is 6.19. The molecule has 0 aromatic heterocycles. The summed E-state index contributed by atoms with van der Waals surface area (Å²) in [6.45, 7) is 5.98. The fraction of sp³-hybridized carbons (Fsp3) is 0.500. The molecule has 1 rings (SSSR count). The van der Waals surface area contributed by atoms with Gasteiger partial charge in [0.25, 0.3) is 0 Å². The summed E-state index contributed by atoms with van der Waals surface area (Å²) in [5, 5.41) is 0. The Balaban J connectivity index is 3.09. The fourth-order valence-electron chi connectivity index (χ4n) is 2.08. The second-order valence-corrected chi connectivity index (χ2v) is 4.95. The maximum atomic E-state index is 11.6. The summed E-state index contributed by atoms with van der Waals surface area (Å²) < 4.78 is 5.34. The summed E-state index contributed by atoms with van der Waals surface area (Å²) in [7, 11) is 0. The molecule has 0 aliphatic carbocycles. The van der Waals surface area contributed by atoms with Crippen molar-refractivity contribution in [3.05, 3.63) is 34.9 Å². The van der Waals surface area contributed by atoms with Crippen molar-refractivity contribution in [2.45, 2.75) is 38.7 Å². The fourth-order valence-corrected chi connectivity index (χ4v) is 2.16. The lowest BCUT2D eigenvalue weighted by molar-refractivity contribution is -0.121. The van der Waals surface area contributed by atoms with Gasteiger partial charge in [-0.05, 0) is 37.0 Å². The Kier molecular flexibility index (Phi) is 5.63. The second-order valence-electron chi connectivity index (χ2n) is 4.33. The third-order valence-electron chi connectivity index (χ3n) is 2.98. The van der Waals surface area contributed by atoms with Crippen molar-refractivity contribution >= 4 is 17.5 Å². The van der Waals surface area contributed by atoms with E-state index in [1.807, 2.05) is 25.1 Å². The molecule has 0 bridgehead atoms. The van der Waals surface area contributed by atoms with Crippen LogP contribution in [0.25, 0.3) is 0 Å². The first-order valence-corrected chi connectivity index (χ1v) is 6.54. The quantitative estimate of drug-likeness (QED) is 0.808. The molecular formula is C14H20ClNO2. The number of alkyl halides is 1. The summed E-state index contributed by atoms with van der Waals surface area (Å²) in [5.41, 5.74) is 8.22. The van der Waals surface area contributed by atoms with E-state index in [0.29, 0.717) is 0 Å². The minimum absolute atomic E-state index is 0.220. The number of rotatable bonds is 6. The number of halogens is 1. The van der Waals surface area contributed by atoms with Crippen LogP contribution in [0.1, 0.15) is 36.5 Å². The number of amides is 1. The van der Waals surface area contributed by atoms with Gasteiger partial charge in [0.15, 0.2) is 0 Å². The van der Waals surface area contributed by atoms with Gasteiger partial charge in [-0.1, -0.05) is 36.7 Å². The average Bonchev–Trinajstić information content (AvgIpc) is 2.30. The van der Waals surface area contributed by atoms with Crippen LogP contribution in [-0.2, 0) is 16.0 Å². The summed E-state index contributed by atoms with van der Waals surface area (Å²) in [6, 6.07) is 5.98. The topological polar surface area (TPSA) is 52.3 Å². The molecule has 1 aromatic carbocycles. The number of ether oxygens (including phenoxy) is 1. The zero-order valence-corrected chi connectivity index (χ0v) is 11.8. The Bertz CT molecular complexity index is 418. The van der Waals surface area contributed by atoms with Crippen LogP contribution in [0.2, 0.25) is 0 Å². The van der Waals surface area contributed by atoms with Gasteiger partial charge in [0.2, 0.25) is 5.91 Å². The Morgan fingerprint density at radius 3 is 2.67 bits per heavy atom. The van der Waals surface area contributed by atoms with Gasteiger partial charge in [-0.25, -0.2) is 0 Å². The third-order valence-corrected chi connectivity index (χ3v) is 3.11. The number of aryl methyl sites for hydroxylation is 2. The molecule has 0 saturated carbocycles. The largest absolute Gasteiger partial charge is 0.369 e. The SMILES string of the molecule is CCc1cccc(C)c1C(COC(C)Cl)C(N)=O. The van der Waals surface area contributed by atoms with Crippen LogP contribution in [0.15, 0.2) is 18.2 Å². The number of carbonyl (C=O) groups excluding carboxylic acids is 1.